The van der Waals surface area contributed by atoms with Gasteiger partial charge in [-0.1, -0.05) is 30.3 Å². The second-order valence-corrected chi connectivity index (χ2v) is 5.45. The summed E-state index contributed by atoms with van der Waals surface area (Å²) in [5, 5.41) is 9.12. The summed E-state index contributed by atoms with van der Waals surface area (Å²) in [4.78, 5) is 13.8. The number of halogens is 3. The van der Waals surface area contributed by atoms with Gasteiger partial charge < -0.3 is 10.0 Å². The Balaban J connectivity index is 2.28. The van der Waals surface area contributed by atoms with Gasteiger partial charge in [0.05, 0.1) is 16.6 Å². The molecule has 0 aliphatic rings. The minimum atomic E-state index is -0.944. The van der Waals surface area contributed by atoms with Gasteiger partial charge in [-0.3, -0.25) is 4.79 Å². The van der Waals surface area contributed by atoms with Crippen LogP contribution in [0.4, 0.5) is 8.78 Å². The third kappa shape index (κ3) is 3.69. The van der Waals surface area contributed by atoms with Crippen LogP contribution in [-0.2, 0) is 6.54 Å². The molecule has 0 unspecified atom stereocenters. The number of rotatable bonds is 5. The fourth-order valence-corrected chi connectivity index (χ4v) is 2.38. The molecule has 0 spiro atoms. The molecule has 0 aliphatic heterocycles. The summed E-state index contributed by atoms with van der Waals surface area (Å²) in [5.41, 5.74) is 0.614. The normalized spacial score (nSPS) is 10.5. The van der Waals surface area contributed by atoms with Crippen LogP contribution in [-0.4, -0.2) is 29.1 Å². The summed E-state index contributed by atoms with van der Waals surface area (Å²) in [5.74, 6) is -2.32. The zero-order chi connectivity index (χ0) is 16.1. The van der Waals surface area contributed by atoms with E-state index in [1.165, 1.54) is 4.90 Å². The maximum absolute atomic E-state index is 14.1. The van der Waals surface area contributed by atoms with E-state index in [-0.39, 0.29) is 29.7 Å². The van der Waals surface area contributed by atoms with E-state index in [0.29, 0.717) is 0 Å². The van der Waals surface area contributed by atoms with Crippen molar-refractivity contribution in [2.75, 3.05) is 13.2 Å². The van der Waals surface area contributed by atoms with Crippen molar-refractivity contribution in [3.63, 3.8) is 0 Å². The third-order valence-electron chi connectivity index (χ3n) is 3.14. The number of hydrogen-bond acceptors (Lipinski definition) is 2. The summed E-state index contributed by atoms with van der Waals surface area (Å²) in [7, 11) is 0. The van der Waals surface area contributed by atoms with Gasteiger partial charge in [-0.15, -0.1) is 0 Å². The Morgan fingerprint density at radius 2 is 1.82 bits per heavy atom. The number of aliphatic hydroxyl groups is 1. The third-order valence-corrected chi connectivity index (χ3v) is 3.87. The van der Waals surface area contributed by atoms with Gasteiger partial charge in [0.15, 0.2) is 5.82 Å². The van der Waals surface area contributed by atoms with Crippen molar-refractivity contribution in [1.82, 2.24) is 4.90 Å². The predicted molar refractivity (Wildman–Crippen MR) is 82.3 cm³/mol. The van der Waals surface area contributed by atoms with Gasteiger partial charge in [0, 0.05) is 13.1 Å². The first kappa shape index (κ1) is 16.6. The number of carbonyl (C=O) groups is 1. The van der Waals surface area contributed by atoms with Gasteiger partial charge in [0.2, 0.25) is 0 Å². The molecule has 0 aromatic heterocycles. The Morgan fingerprint density at radius 3 is 2.45 bits per heavy atom. The van der Waals surface area contributed by atoms with E-state index in [1.54, 1.807) is 0 Å². The molecule has 0 fully saturated rings. The average molecular weight is 370 g/mol. The van der Waals surface area contributed by atoms with E-state index in [1.807, 2.05) is 30.3 Å². The van der Waals surface area contributed by atoms with Crippen molar-refractivity contribution >= 4 is 21.8 Å². The van der Waals surface area contributed by atoms with E-state index in [4.69, 9.17) is 5.11 Å². The van der Waals surface area contributed by atoms with Crippen LogP contribution >= 0.6 is 15.9 Å². The molecule has 0 saturated carbocycles. The lowest BCUT2D eigenvalue weighted by molar-refractivity contribution is 0.0703. The lowest BCUT2D eigenvalue weighted by Gasteiger charge is -2.22. The molecule has 22 heavy (non-hydrogen) atoms. The Hall–Kier alpha value is -1.79. The maximum Gasteiger partial charge on any atom is 0.257 e. The number of nitrogens with zero attached hydrogens (tertiary/aromatic N) is 1. The zero-order valence-electron chi connectivity index (χ0n) is 11.6. The first-order valence-corrected chi connectivity index (χ1v) is 7.41. The average Bonchev–Trinajstić information content (AvgIpc) is 2.53. The van der Waals surface area contributed by atoms with Gasteiger partial charge in [-0.2, -0.15) is 0 Å². The number of benzene rings is 2. The van der Waals surface area contributed by atoms with Crippen LogP contribution in [0.25, 0.3) is 0 Å². The number of carbonyl (C=O) groups excluding carboxylic acids is 1. The molecule has 1 N–H and O–H groups in total. The first-order valence-electron chi connectivity index (χ1n) is 6.62. The Morgan fingerprint density at radius 1 is 1.14 bits per heavy atom. The quantitative estimate of drug-likeness (QED) is 0.820. The number of amides is 1. The monoisotopic (exact) mass is 369 g/mol. The predicted octanol–water partition coefficient (Wildman–Crippen LogP) is 3.36. The maximum atomic E-state index is 14.1. The molecule has 1 amide bonds. The molecule has 0 bridgehead atoms. The molecule has 2 aromatic rings. The minimum Gasteiger partial charge on any atom is -0.395 e. The van der Waals surface area contributed by atoms with Gasteiger partial charge in [0.1, 0.15) is 5.82 Å². The molecular weight excluding hydrogens is 356 g/mol. The lowest BCUT2D eigenvalue weighted by Crippen LogP contribution is -2.33. The highest BCUT2D eigenvalue weighted by atomic mass is 79.9. The van der Waals surface area contributed by atoms with E-state index >= 15 is 0 Å². The Bertz CT molecular complexity index is 665. The molecule has 116 valence electrons. The van der Waals surface area contributed by atoms with Crippen molar-refractivity contribution in [2.24, 2.45) is 0 Å². The molecule has 2 aromatic carbocycles. The van der Waals surface area contributed by atoms with Crippen molar-refractivity contribution in [3.8, 4) is 0 Å². The summed E-state index contributed by atoms with van der Waals surface area (Å²) in [6.07, 6.45) is 0. The number of hydrogen-bond donors (Lipinski definition) is 1. The second kappa shape index (κ2) is 7.47. The van der Waals surface area contributed by atoms with E-state index in [0.717, 1.165) is 17.7 Å². The van der Waals surface area contributed by atoms with E-state index < -0.39 is 17.5 Å². The van der Waals surface area contributed by atoms with Crippen LogP contribution in [0, 0.1) is 11.6 Å². The van der Waals surface area contributed by atoms with Crippen molar-refractivity contribution in [2.45, 2.75) is 6.54 Å². The summed E-state index contributed by atoms with van der Waals surface area (Å²) < 4.78 is 26.9. The molecular formula is C16H14BrF2NO2. The molecule has 0 heterocycles. The Labute approximate surface area is 135 Å². The van der Waals surface area contributed by atoms with Crippen LogP contribution in [0.2, 0.25) is 0 Å². The van der Waals surface area contributed by atoms with Crippen molar-refractivity contribution < 1.29 is 18.7 Å². The fraction of sp³-hybridized carbons (Fsp3) is 0.188. The summed E-state index contributed by atoms with van der Waals surface area (Å²) in [6.45, 7) is 0.0411. The van der Waals surface area contributed by atoms with Crippen molar-refractivity contribution in [3.05, 3.63) is 69.7 Å². The van der Waals surface area contributed by atoms with E-state index in [2.05, 4.69) is 15.9 Å². The second-order valence-electron chi connectivity index (χ2n) is 4.66. The summed E-state index contributed by atoms with van der Waals surface area (Å²) >= 11 is 2.78. The molecule has 0 atom stereocenters. The zero-order valence-corrected chi connectivity index (χ0v) is 13.2. The molecule has 0 saturated heterocycles. The van der Waals surface area contributed by atoms with Crippen LogP contribution in [0.3, 0.4) is 0 Å². The molecule has 6 heteroatoms. The highest BCUT2D eigenvalue weighted by Gasteiger charge is 2.22. The topological polar surface area (TPSA) is 40.5 Å². The van der Waals surface area contributed by atoms with Crippen LogP contribution in [0.5, 0.6) is 0 Å². The fourth-order valence-electron chi connectivity index (χ4n) is 2.04. The largest absolute Gasteiger partial charge is 0.395 e. The first-order chi connectivity index (χ1) is 10.5. The SMILES string of the molecule is O=C(c1ccc(F)c(Br)c1F)N(CCO)Cc1ccccc1. The highest BCUT2D eigenvalue weighted by Crippen LogP contribution is 2.24. The van der Waals surface area contributed by atoms with Gasteiger partial charge >= 0.3 is 0 Å². The lowest BCUT2D eigenvalue weighted by atomic mass is 10.1. The smallest absolute Gasteiger partial charge is 0.257 e. The highest BCUT2D eigenvalue weighted by molar-refractivity contribution is 9.10. The standard InChI is InChI=1S/C16H14BrF2NO2/c17-14-13(18)7-6-12(15(14)19)16(22)20(8-9-21)10-11-4-2-1-3-5-11/h1-7,21H,8-10H2. The number of aliphatic hydroxyl groups excluding tert-OH is 1. The molecule has 0 radical (unpaired) electrons. The molecule has 2 rings (SSSR count). The molecule has 3 nitrogen and oxygen atoms in total. The summed E-state index contributed by atoms with van der Waals surface area (Å²) in [6, 6.07) is 11.3. The minimum absolute atomic E-state index is 0.0577. The van der Waals surface area contributed by atoms with Crippen LogP contribution in [0.15, 0.2) is 46.9 Å². The van der Waals surface area contributed by atoms with Crippen LogP contribution in [0.1, 0.15) is 15.9 Å². The Kier molecular flexibility index (Phi) is 5.63. The van der Waals surface area contributed by atoms with Gasteiger partial charge in [-0.25, -0.2) is 8.78 Å². The van der Waals surface area contributed by atoms with Gasteiger partial charge in [-0.05, 0) is 33.6 Å². The molecule has 0 aliphatic carbocycles. The van der Waals surface area contributed by atoms with Crippen molar-refractivity contribution in [1.29, 1.82) is 0 Å². The van der Waals surface area contributed by atoms with Crippen LogP contribution < -0.4 is 0 Å². The van der Waals surface area contributed by atoms with Gasteiger partial charge in [0.25, 0.3) is 5.91 Å². The van der Waals surface area contributed by atoms with E-state index in [9.17, 15) is 13.6 Å².